The summed E-state index contributed by atoms with van der Waals surface area (Å²) in [4.78, 5) is 11.7. The van der Waals surface area contributed by atoms with Crippen LogP contribution < -0.4 is 4.90 Å². The van der Waals surface area contributed by atoms with Gasteiger partial charge in [0.25, 0.3) is 0 Å². The van der Waals surface area contributed by atoms with E-state index in [0.29, 0.717) is 0 Å². The highest BCUT2D eigenvalue weighted by Gasteiger charge is 2.31. The fraction of sp³-hybridized carbons (Fsp3) is 0. The Hall–Kier alpha value is -5.48. The molecule has 40 heavy (non-hydrogen) atoms. The predicted octanol–water partition coefficient (Wildman–Crippen LogP) is 9.20. The van der Waals surface area contributed by atoms with Crippen molar-refractivity contribution < 1.29 is 0 Å². The molecule has 4 nitrogen and oxygen atoms in total. The Balaban J connectivity index is 1.46. The lowest BCUT2D eigenvalue weighted by molar-refractivity contribution is 1.10. The normalized spacial score (nSPS) is 11.9. The van der Waals surface area contributed by atoms with Gasteiger partial charge in [-0.3, -0.25) is 9.97 Å². The lowest BCUT2D eigenvalue weighted by Crippen LogP contribution is -2.11. The van der Waals surface area contributed by atoms with Gasteiger partial charge < -0.3 is 9.47 Å². The van der Waals surface area contributed by atoms with E-state index in [0.717, 1.165) is 45.3 Å². The van der Waals surface area contributed by atoms with Crippen molar-refractivity contribution in [3.05, 3.63) is 146 Å². The number of hydrogen-bond acceptors (Lipinski definition) is 3. The van der Waals surface area contributed by atoms with E-state index in [1.165, 1.54) is 22.1 Å². The highest BCUT2D eigenvalue weighted by Crippen LogP contribution is 2.54. The molecule has 1 aliphatic heterocycles. The van der Waals surface area contributed by atoms with E-state index in [-0.39, 0.29) is 0 Å². The number of anilines is 3. The van der Waals surface area contributed by atoms with Crippen LogP contribution in [0.3, 0.4) is 0 Å². The zero-order valence-electron chi connectivity index (χ0n) is 21.6. The minimum absolute atomic E-state index is 0.855. The van der Waals surface area contributed by atoms with Crippen molar-refractivity contribution in [3.8, 4) is 39.5 Å². The number of hydrogen-bond donors (Lipinski definition) is 0. The zero-order chi connectivity index (χ0) is 26.5. The van der Waals surface area contributed by atoms with E-state index in [1.807, 2.05) is 24.4 Å². The Kier molecular flexibility index (Phi) is 5.10. The first-order valence-corrected chi connectivity index (χ1v) is 13.4. The van der Waals surface area contributed by atoms with Crippen LogP contribution in [0.1, 0.15) is 0 Å². The summed E-state index contributed by atoms with van der Waals surface area (Å²) in [6.45, 7) is 0. The first kappa shape index (κ1) is 22.5. The van der Waals surface area contributed by atoms with Crippen LogP contribution in [-0.2, 0) is 0 Å². The largest absolute Gasteiger partial charge is 0.309 e. The van der Waals surface area contributed by atoms with Gasteiger partial charge in [0.05, 0.1) is 45.9 Å². The molecule has 4 heterocycles. The molecule has 0 amide bonds. The highest BCUT2D eigenvalue weighted by molar-refractivity contribution is 6.12. The molecule has 1 aliphatic rings. The van der Waals surface area contributed by atoms with Crippen LogP contribution >= 0.6 is 0 Å². The van der Waals surface area contributed by atoms with E-state index in [9.17, 15) is 0 Å². The number of pyridine rings is 2. The van der Waals surface area contributed by atoms with Gasteiger partial charge in [0.15, 0.2) is 0 Å². The fourth-order valence-electron chi connectivity index (χ4n) is 5.95. The van der Waals surface area contributed by atoms with Crippen molar-refractivity contribution in [2.24, 2.45) is 0 Å². The summed E-state index contributed by atoms with van der Waals surface area (Å²) in [6.07, 6.45) is 3.77. The van der Waals surface area contributed by atoms with Gasteiger partial charge in [-0.25, -0.2) is 0 Å². The van der Waals surface area contributed by atoms with Crippen LogP contribution in [0.25, 0.3) is 50.4 Å². The summed E-state index contributed by atoms with van der Waals surface area (Å²) < 4.78 is 2.37. The van der Waals surface area contributed by atoms with Gasteiger partial charge in [0.2, 0.25) is 0 Å². The molecule has 188 valence electrons. The molecule has 0 fully saturated rings. The quantitative estimate of drug-likeness (QED) is 0.237. The van der Waals surface area contributed by atoms with Crippen LogP contribution in [0.4, 0.5) is 17.1 Å². The number of para-hydroxylation sites is 4. The Labute approximate surface area is 232 Å². The van der Waals surface area contributed by atoms with Gasteiger partial charge in [-0.15, -0.1) is 0 Å². The molecule has 4 aromatic carbocycles. The van der Waals surface area contributed by atoms with Gasteiger partial charge in [0, 0.05) is 34.0 Å². The standard InChI is InChI=1S/C36H24N4/c1-2-12-25(13-3-1)39-32-18-7-4-14-27(32)35-28-15-5-8-19-33(28)40(36(35)29-16-6-9-20-34(29)39)26-21-22-31(38-24-26)30-17-10-11-23-37-30/h1-24H. The SMILES string of the molecule is c1ccc(N2c3ccccc3-c3c(n(-c4ccc(-c5ccccn5)nc4)c4ccccc34)-c3ccccc32)cc1. The number of fused-ring (bicyclic) bond motifs is 7. The van der Waals surface area contributed by atoms with Crippen molar-refractivity contribution in [2.75, 3.05) is 4.90 Å². The van der Waals surface area contributed by atoms with Crippen molar-refractivity contribution in [2.45, 2.75) is 0 Å². The maximum atomic E-state index is 4.85. The predicted molar refractivity (Wildman–Crippen MR) is 163 cm³/mol. The number of rotatable bonds is 3. The van der Waals surface area contributed by atoms with Crippen LogP contribution in [0.5, 0.6) is 0 Å². The van der Waals surface area contributed by atoms with Gasteiger partial charge in [0.1, 0.15) is 0 Å². The summed E-state index contributed by atoms with van der Waals surface area (Å²) >= 11 is 0. The van der Waals surface area contributed by atoms with Crippen molar-refractivity contribution >= 4 is 28.0 Å². The van der Waals surface area contributed by atoms with Crippen LogP contribution in [0, 0.1) is 0 Å². The molecule has 4 heteroatoms. The maximum Gasteiger partial charge on any atom is 0.0887 e. The summed E-state index contributed by atoms with van der Waals surface area (Å²) in [7, 11) is 0. The Bertz CT molecular complexity index is 1990. The average molecular weight is 513 g/mol. The molecule has 0 saturated heterocycles. The van der Waals surface area contributed by atoms with Gasteiger partial charge in [-0.05, 0) is 54.6 Å². The van der Waals surface area contributed by atoms with Gasteiger partial charge >= 0.3 is 0 Å². The van der Waals surface area contributed by atoms with E-state index in [4.69, 9.17) is 4.98 Å². The van der Waals surface area contributed by atoms with Crippen molar-refractivity contribution in [1.82, 2.24) is 14.5 Å². The summed E-state index contributed by atoms with van der Waals surface area (Å²) in [5, 5.41) is 1.21. The topological polar surface area (TPSA) is 34.0 Å². The number of nitrogens with zero attached hydrogens (tertiary/aromatic N) is 4. The fourth-order valence-corrected chi connectivity index (χ4v) is 5.95. The Morgan fingerprint density at radius 2 is 1.15 bits per heavy atom. The molecule has 0 atom stereocenters. The monoisotopic (exact) mass is 512 g/mol. The first-order valence-electron chi connectivity index (χ1n) is 13.4. The highest BCUT2D eigenvalue weighted by atomic mass is 15.2. The molecule has 3 aromatic heterocycles. The minimum atomic E-state index is 0.855. The molecular weight excluding hydrogens is 488 g/mol. The lowest BCUT2D eigenvalue weighted by atomic mass is 9.98. The van der Waals surface area contributed by atoms with E-state index >= 15 is 0 Å². The van der Waals surface area contributed by atoms with Gasteiger partial charge in [-0.2, -0.15) is 0 Å². The number of benzene rings is 4. The minimum Gasteiger partial charge on any atom is -0.309 e. The van der Waals surface area contributed by atoms with E-state index in [2.05, 4.69) is 130 Å². The van der Waals surface area contributed by atoms with E-state index in [1.54, 1.807) is 6.20 Å². The Morgan fingerprint density at radius 1 is 0.475 bits per heavy atom. The van der Waals surface area contributed by atoms with Crippen molar-refractivity contribution in [3.63, 3.8) is 0 Å². The molecule has 7 aromatic rings. The summed E-state index contributed by atoms with van der Waals surface area (Å²) in [5.74, 6) is 0. The summed E-state index contributed by atoms with van der Waals surface area (Å²) in [6, 6.07) is 46.9. The molecule has 0 unspecified atom stereocenters. The second-order valence-corrected chi connectivity index (χ2v) is 9.90. The van der Waals surface area contributed by atoms with Crippen LogP contribution in [-0.4, -0.2) is 14.5 Å². The maximum absolute atomic E-state index is 4.85. The smallest absolute Gasteiger partial charge is 0.0887 e. The second-order valence-electron chi connectivity index (χ2n) is 9.90. The average Bonchev–Trinajstić information content (AvgIpc) is 3.31. The van der Waals surface area contributed by atoms with Crippen molar-refractivity contribution in [1.29, 1.82) is 0 Å². The zero-order valence-corrected chi connectivity index (χ0v) is 21.6. The molecular formula is C36H24N4. The van der Waals surface area contributed by atoms with Crippen LogP contribution in [0.15, 0.2) is 146 Å². The molecule has 0 N–H and O–H groups in total. The van der Waals surface area contributed by atoms with E-state index < -0.39 is 0 Å². The third-order valence-electron chi connectivity index (χ3n) is 7.64. The lowest BCUT2D eigenvalue weighted by Gasteiger charge is -2.27. The molecule has 0 bridgehead atoms. The first-order chi connectivity index (χ1) is 19.9. The third-order valence-corrected chi connectivity index (χ3v) is 7.64. The number of aromatic nitrogens is 3. The third kappa shape index (κ3) is 3.40. The Morgan fingerprint density at radius 3 is 1.93 bits per heavy atom. The van der Waals surface area contributed by atoms with Gasteiger partial charge in [-0.1, -0.05) is 78.9 Å². The summed E-state index contributed by atoms with van der Waals surface area (Å²) in [5.41, 5.74) is 12.1. The molecule has 8 rings (SSSR count). The molecule has 0 spiro atoms. The van der Waals surface area contributed by atoms with Crippen LogP contribution in [0.2, 0.25) is 0 Å². The molecule has 0 aliphatic carbocycles. The molecule has 0 radical (unpaired) electrons. The molecule has 0 saturated carbocycles. The second kappa shape index (κ2) is 9.07.